The summed E-state index contributed by atoms with van der Waals surface area (Å²) >= 11 is 0. The fraction of sp³-hybridized carbons (Fsp3) is 0.438. The topological polar surface area (TPSA) is 99.5 Å². The Morgan fingerprint density at radius 3 is 2.42 bits per heavy atom. The van der Waals surface area contributed by atoms with Gasteiger partial charge in [-0.15, -0.1) is 0 Å². The first-order chi connectivity index (χ1) is 11.9. The second kappa shape index (κ2) is 7.36. The van der Waals surface area contributed by atoms with Crippen LogP contribution in [0.1, 0.15) is 12.6 Å². The number of carbonyl (C=O) groups excluding carboxylic acids is 1. The van der Waals surface area contributed by atoms with Crippen LogP contribution in [0.2, 0.25) is 0 Å². The Morgan fingerprint density at radius 2 is 1.85 bits per heavy atom. The Labute approximate surface area is 151 Å². The number of carbonyl (C=O) groups is 1. The first-order valence-corrected chi connectivity index (χ1v) is 11.5. The van der Waals surface area contributed by atoms with Gasteiger partial charge in [-0.05, 0) is 25.1 Å². The first-order valence-electron chi connectivity index (χ1n) is 7.74. The number of rotatable bonds is 7. The summed E-state index contributed by atoms with van der Waals surface area (Å²) < 4.78 is 68.4. The van der Waals surface area contributed by atoms with E-state index >= 15 is 0 Å². The van der Waals surface area contributed by atoms with Crippen molar-refractivity contribution in [2.24, 2.45) is 0 Å². The summed E-state index contributed by atoms with van der Waals surface area (Å²) in [5.41, 5.74) is 0.806. The third-order valence-electron chi connectivity index (χ3n) is 3.88. The van der Waals surface area contributed by atoms with Gasteiger partial charge in [0.25, 0.3) is 0 Å². The van der Waals surface area contributed by atoms with E-state index in [1.165, 1.54) is 19.1 Å². The van der Waals surface area contributed by atoms with E-state index in [-0.39, 0.29) is 23.4 Å². The molecule has 0 aliphatic carbocycles. The standard InChI is InChI=1S/C16H20FNO6S2/c1-11-16(26(22,23)9-8-25(3,20)21)14-10-13(17)4-5-15(14)18(11)6-7-24-12(2)19/h4-5,10H,6-9H2,1-3H3. The van der Waals surface area contributed by atoms with E-state index in [0.29, 0.717) is 11.2 Å². The molecule has 1 heterocycles. The molecule has 0 amide bonds. The number of fused-ring (bicyclic) bond motifs is 1. The molecule has 0 saturated heterocycles. The van der Waals surface area contributed by atoms with Gasteiger partial charge in [-0.1, -0.05) is 0 Å². The molecule has 0 aliphatic rings. The van der Waals surface area contributed by atoms with Crippen molar-refractivity contribution in [2.75, 3.05) is 24.4 Å². The minimum Gasteiger partial charge on any atom is -0.464 e. The van der Waals surface area contributed by atoms with Crippen molar-refractivity contribution in [1.29, 1.82) is 0 Å². The molecule has 1 aromatic heterocycles. The lowest BCUT2D eigenvalue weighted by atomic mass is 10.2. The van der Waals surface area contributed by atoms with Crippen LogP contribution in [0.25, 0.3) is 10.9 Å². The monoisotopic (exact) mass is 405 g/mol. The van der Waals surface area contributed by atoms with Crippen molar-refractivity contribution in [3.63, 3.8) is 0 Å². The van der Waals surface area contributed by atoms with Gasteiger partial charge in [0, 0.05) is 29.8 Å². The van der Waals surface area contributed by atoms with Gasteiger partial charge in [0.1, 0.15) is 22.3 Å². The molecule has 0 unspecified atom stereocenters. The average Bonchev–Trinajstić information content (AvgIpc) is 2.76. The predicted octanol–water partition coefficient (Wildman–Crippen LogP) is 1.47. The maximum Gasteiger partial charge on any atom is 0.302 e. The predicted molar refractivity (Wildman–Crippen MR) is 95.0 cm³/mol. The molecule has 7 nitrogen and oxygen atoms in total. The van der Waals surface area contributed by atoms with Crippen LogP contribution in [0.15, 0.2) is 23.1 Å². The molecule has 0 atom stereocenters. The van der Waals surface area contributed by atoms with E-state index in [2.05, 4.69) is 0 Å². The zero-order chi connectivity index (χ0) is 19.7. The number of esters is 1. The number of hydrogen-bond acceptors (Lipinski definition) is 6. The average molecular weight is 405 g/mol. The zero-order valence-corrected chi connectivity index (χ0v) is 16.3. The molecule has 0 spiro atoms. The van der Waals surface area contributed by atoms with E-state index in [9.17, 15) is 26.0 Å². The van der Waals surface area contributed by atoms with Crippen LogP contribution in [0, 0.1) is 12.7 Å². The first kappa shape index (κ1) is 20.4. The molecule has 0 saturated carbocycles. The van der Waals surface area contributed by atoms with Crippen molar-refractivity contribution in [1.82, 2.24) is 4.57 Å². The van der Waals surface area contributed by atoms with E-state index < -0.39 is 43.0 Å². The van der Waals surface area contributed by atoms with Crippen LogP contribution >= 0.6 is 0 Å². The summed E-state index contributed by atoms with van der Waals surface area (Å²) in [6.07, 6.45) is 0.956. The van der Waals surface area contributed by atoms with Crippen LogP contribution in [-0.2, 0) is 35.8 Å². The molecule has 0 aliphatic heterocycles. The summed E-state index contributed by atoms with van der Waals surface area (Å²) in [4.78, 5) is 10.8. The largest absolute Gasteiger partial charge is 0.464 e. The molecule has 2 rings (SSSR count). The number of hydrogen-bond donors (Lipinski definition) is 0. The third kappa shape index (κ3) is 4.61. The molecule has 0 N–H and O–H groups in total. The summed E-state index contributed by atoms with van der Waals surface area (Å²) in [7, 11) is -7.44. The van der Waals surface area contributed by atoms with Gasteiger partial charge >= 0.3 is 5.97 Å². The molecule has 26 heavy (non-hydrogen) atoms. The smallest absolute Gasteiger partial charge is 0.302 e. The van der Waals surface area contributed by atoms with Crippen molar-refractivity contribution in [2.45, 2.75) is 25.3 Å². The van der Waals surface area contributed by atoms with Gasteiger partial charge < -0.3 is 9.30 Å². The lowest BCUT2D eigenvalue weighted by Gasteiger charge is -2.09. The van der Waals surface area contributed by atoms with Gasteiger partial charge in [0.2, 0.25) is 0 Å². The number of nitrogens with zero attached hydrogens (tertiary/aromatic N) is 1. The Kier molecular flexibility index (Phi) is 5.76. The number of halogens is 1. The van der Waals surface area contributed by atoms with Gasteiger partial charge in [-0.3, -0.25) is 4.79 Å². The van der Waals surface area contributed by atoms with Crippen LogP contribution in [-0.4, -0.2) is 51.7 Å². The summed E-state index contributed by atoms with van der Waals surface area (Å²) in [5, 5.41) is 0.179. The Hall–Kier alpha value is -1.94. The molecule has 10 heteroatoms. The van der Waals surface area contributed by atoms with Crippen LogP contribution < -0.4 is 0 Å². The van der Waals surface area contributed by atoms with E-state index in [1.54, 1.807) is 11.5 Å². The number of benzene rings is 1. The zero-order valence-electron chi connectivity index (χ0n) is 14.7. The molecular formula is C16H20FNO6S2. The highest BCUT2D eigenvalue weighted by molar-refractivity contribution is 7.95. The summed E-state index contributed by atoms with van der Waals surface area (Å²) in [6, 6.07) is 3.76. The van der Waals surface area contributed by atoms with Crippen molar-refractivity contribution in [3.05, 3.63) is 29.7 Å². The van der Waals surface area contributed by atoms with Crippen LogP contribution in [0.4, 0.5) is 4.39 Å². The van der Waals surface area contributed by atoms with Crippen LogP contribution in [0.3, 0.4) is 0 Å². The Balaban J connectivity index is 2.56. The molecule has 0 bridgehead atoms. The third-order valence-corrected chi connectivity index (χ3v) is 6.96. The van der Waals surface area contributed by atoms with Gasteiger partial charge in [-0.25, -0.2) is 21.2 Å². The molecule has 144 valence electrons. The highest BCUT2D eigenvalue weighted by Gasteiger charge is 2.26. The minimum atomic E-state index is -3.96. The second-order valence-corrected chi connectivity index (χ2v) is 10.3. The fourth-order valence-corrected chi connectivity index (χ4v) is 6.10. The number of ether oxygens (including phenoxy) is 1. The summed E-state index contributed by atoms with van der Waals surface area (Å²) in [6.45, 7) is 3.03. The lowest BCUT2D eigenvalue weighted by molar-refractivity contribution is -0.141. The van der Waals surface area contributed by atoms with E-state index in [4.69, 9.17) is 4.74 Å². The fourth-order valence-electron chi connectivity index (χ4n) is 2.75. The van der Waals surface area contributed by atoms with Gasteiger partial charge in [0.05, 0.1) is 22.9 Å². The molecule has 0 fully saturated rings. The minimum absolute atomic E-state index is 0.0279. The Bertz CT molecular complexity index is 1050. The highest BCUT2D eigenvalue weighted by Crippen LogP contribution is 2.31. The quantitative estimate of drug-likeness (QED) is 0.647. The van der Waals surface area contributed by atoms with Gasteiger partial charge in [0.15, 0.2) is 9.84 Å². The second-order valence-electron chi connectivity index (χ2n) is 6.02. The van der Waals surface area contributed by atoms with E-state index in [0.717, 1.165) is 12.3 Å². The molecule has 2 aromatic rings. The Morgan fingerprint density at radius 1 is 1.19 bits per heavy atom. The van der Waals surface area contributed by atoms with Crippen molar-refractivity contribution in [3.8, 4) is 0 Å². The lowest BCUT2D eigenvalue weighted by Crippen LogP contribution is -2.17. The number of sulfone groups is 2. The molecule has 1 aromatic carbocycles. The van der Waals surface area contributed by atoms with Crippen molar-refractivity contribution >= 4 is 36.5 Å². The van der Waals surface area contributed by atoms with Gasteiger partial charge in [-0.2, -0.15) is 0 Å². The maximum atomic E-state index is 13.7. The molecule has 0 radical (unpaired) electrons. The van der Waals surface area contributed by atoms with Crippen LogP contribution in [0.5, 0.6) is 0 Å². The highest BCUT2D eigenvalue weighted by atomic mass is 32.2. The number of aromatic nitrogens is 1. The summed E-state index contributed by atoms with van der Waals surface area (Å²) in [5.74, 6) is -2.18. The normalized spacial score (nSPS) is 12.5. The SMILES string of the molecule is CC(=O)OCCn1c(C)c(S(=O)(=O)CCS(C)(=O)=O)c2cc(F)ccc21. The van der Waals surface area contributed by atoms with E-state index in [1.807, 2.05) is 0 Å². The molecular weight excluding hydrogens is 385 g/mol. The van der Waals surface area contributed by atoms with Crippen molar-refractivity contribution < 1.29 is 30.8 Å². The maximum absolute atomic E-state index is 13.7.